The van der Waals surface area contributed by atoms with Crippen LogP contribution in [-0.4, -0.2) is 0 Å². The number of rotatable bonds is 1. The van der Waals surface area contributed by atoms with E-state index in [-0.39, 0.29) is 10.9 Å². The van der Waals surface area contributed by atoms with E-state index in [0.717, 1.165) is 5.69 Å². The molecule has 62 valence electrons. The summed E-state index contributed by atoms with van der Waals surface area (Å²) in [5, 5.41) is 4.42. The van der Waals surface area contributed by atoms with Gasteiger partial charge in [0.2, 0.25) is 0 Å². The van der Waals surface area contributed by atoms with Crippen LogP contribution in [0.15, 0.2) is 52.1 Å². The van der Waals surface area contributed by atoms with Gasteiger partial charge in [-0.2, -0.15) is 10.9 Å². The van der Waals surface area contributed by atoms with Gasteiger partial charge in [0.1, 0.15) is 0 Å². The van der Waals surface area contributed by atoms with Crippen LogP contribution in [0, 0.1) is 0 Å². The Hall–Kier alpha value is -1.15. The van der Waals surface area contributed by atoms with E-state index in [2.05, 4.69) is 29.0 Å². The summed E-state index contributed by atoms with van der Waals surface area (Å²) in [5.41, 5.74) is 6.75. The Morgan fingerprint density at radius 3 is 2.33 bits per heavy atom. The molecule has 2 N–H and O–H groups in total. The lowest BCUT2D eigenvalue weighted by molar-refractivity contribution is 1.46. The van der Waals surface area contributed by atoms with Crippen molar-refractivity contribution in [3.63, 3.8) is 0 Å². The monoisotopic (exact) mass is 177 g/mol. The van der Waals surface area contributed by atoms with E-state index in [0.29, 0.717) is 0 Å². The Morgan fingerprint density at radius 1 is 1.00 bits per heavy atom. The SMILES string of the molecule is Nc1ccccc1[SH]1C=CC=C1. The van der Waals surface area contributed by atoms with Gasteiger partial charge in [0, 0.05) is 10.6 Å². The van der Waals surface area contributed by atoms with Crippen LogP contribution in [0.2, 0.25) is 0 Å². The number of hydrogen-bond donors (Lipinski definition) is 2. The van der Waals surface area contributed by atoms with E-state index in [9.17, 15) is 0 Å². The zero-order chi connectivity index (χ0) is 8.39. The predicted molar refractivity (Wildman–Crippen MR) is 56.4 cm³/mol. The highest BCUT2D eigenvalue weighted by molar-refractivity contribution is 8.22. The third kappa shape index (κ3) is 1.25. The molecular weight excluding hydrogens is 166 g/mol. The molecule has 0 spiro atoms. The van der Waals surface area contributed by atoms with Crippen LogP contribution in [0.3, 0.4) is 0 Å². The van der Waals surface area contributed by atoms with E-state index >= 15 is 0 Å². The first-order chi connectivity index (χ1) is 5.88. The molecule has 1 aromatic carbocycles. The van der Waals surface area contributed by atoms with Gasteiger partial charge in [0.25, 0.3) is 0 Å². The third-order valence-electron chi connectivity index (χ3n) is 1.82. The van der Waals surface area contributed by atoms with Crippen molar-refractivity contribution in [3.05, 3.63) is 47.2 Å². The molecule has 2 rings (SSSR count). The second-order valence-electron chi connectivity index (χ2n) is 2.65. The summed E-state index contributed by atoms with van der Waals surface area (Å²) in [7, 11) is -0.247. The van der Waals surface area contributed by atoms with Crippen LogP contribution in [0.25, 0.3) is 0 Å². The maximum Gasteiger partial charge on any atom is 0.0440 e. The van der Waals surface area contributed by atoms with E-state index < -0.39 is 0 Å². The molecule has 0 bridgehead atoms. The van der Waals surface area contributed by atoms with Gasteiger partial charge in [0.15, 0.2) is 0 Å². The van der Waals surface area contributed by atoms with Crippen molar-refractivity contribution in [1.82, 2.24) is 0 Å². The Bertz CT molecular complexity index is 329. The number of thiol groups is 1. The summed E-state index contributed by atoms with van der Waals surface area (Å²) in [5.74, 6) is 0. The molecule has 1 aliphatic rings. The number of nitrogens with two attached hydrogens (primary N) is 1. The lowest BCUT2D eigenvalue weighted by Gasteiger charge is -2.12. The summed E-state index contributed by atoms with van der Waals surface area (Å²) >= 11 is 0. The van der Waals surface area contributed by atoms with Crippen molar-refractivity contribution in [2.24, 2.45) is 0 Å². The van der Waals surface area contributed by atoms with E-state index in [1.54, 1.807) is 0 Å². The Labute approximate surface area is 74.9 Å². The van der Waals surface area contributed by atoms with Crippen molar-refractivity contribution in [1.29, 1.82) is 0 Å². The fraction of sp³-hybridized carbons (Fsp3) is 0. The summed E-state index contributed by atoms with van der Waals surface area (Å²) in [6.45, 7) is 0. The molecule has 0 aliphatic carbocycles. The molecule has 0 amide bonds. The predicted octanol–water partition coefficient (Wildman–Crippen LogP) is 2.67. The molecule has 0 radical (unpaired) electrons. The zero-order valence-corrected chi connectivity index (χ0v) is 7.54. The van der Waals surface area contributed by atoms with Crippen molar-refractivity contribution in [2.45, 2.75) is 4.90 Å². The Kier molecular flexibility index (Phi) is 1.92. The number of hydrogen-bond acceptors (Lipinski definition) is 1. The molecule has 0 fully saturated rings. The van der Waals surface area contributed by atoms with Gasteiger partial charge in [0.05, 0.1) is 0 Å². The van der Waals surface area contributed by atoms with Gasteiger partial charge in [-0.3, -0.25) is 0 Å². The molecule has 1 aromatic rings. The fourth-order valence-corrected chi connectivity index (χ4v) is 2.84. The van der Waals surface area contributed by atoms with Gasteiger partial charge in [-0.05, 0) is 22.9 Å². The molecule has 0 unspecified atom stereocenters. The van der Waals surface area contributed by atoms with Gasteiger partial charge in [-0.25, -0.2) is 0 Å². The molecular formula is C10H11NS. The number of allylic oxidation sites excluding steroid dienone is 2. The lowest BCUT2D eigenvalue weighted by atomic mass is 10.3. The van der Waals surface area contributed by atoms with Gasteiger partial charge in [-0.15, -0.1) is 0 Å². The van der Waals surface area contributed by atoms with Gasteiger partial charge >= 0.3 is 0 Å². The van der Waals surface area contributed by atoms with E-state index in [1.807, 2.05) is 18.2 Å². The number of nitrogen functional groups attached to an aromatic ring is 1. The highest BCUT2D eigenvalue weighted by atomic mass is 32.2. The molecule has 0 saturated carbocycles. The number of para-hydroxylation sites is 1. The van der Waals surface area contributed by atoms with Crippen molar-refractivity contribution >= 4 is 16.6 Å². The zero-order valence-electron chi connectivity index (χ0n) is 6.64. The maximum absolute atomic E-state index is 5.85. The third-order valence-corrected chi connectivity index (χ3v) is 3.77. The van der Waals surface area contributed by atoms with Crippen LogP contribution >= 0.6 is 10.9 Å². The van der Waals surface area contributed by atoms with Crippen LogP contribution in [0.5, 0.6) is 0 Å². The smallest absolute Gasteiger partial charge is 0.0440 e. The van der Waals surface area contributed by atoms with Crippen LogP contribution in [-0.2, 0) is 0 Å². The van der Waals surface area contributed by atoms with Crippen LogP contribution < -0.4 is 5.73 Å². The quantitative estimate of drug-likeness (QED) is 0.500. The van der Waals surface area contributed by atoms with E-state index in [4.69, 9.17) is 5.73 Å². The largest absolute Gasteiger partial charge is 0.398 e. The second kappa shape index (κ2) is 3.07. The summed E-state index contributed by atoms with van der Waals surface area (Å²) in [4.78, 5) is 1.26. The van der Waals surface area contributed by atoms with Gasteiger partial charge < -0.3 is 5.73 Å². The van der Waals surface area contributed by atoms with Gasteiger partial charge in [-0.1, -0.05) is 24.3 Å². The molecule has 0 atom stereocenters. The Balaban J connectivity index is 2.39. The minimum atomic E-state index is -0.247. The van der Waals surface area contributed by atoms with Crippen molar-refractivity contribution in [3.8, 4) is 0 Å². The summed E-state index contributed by atoms with van der Waals surface area (Å²) in [6.07, 6.45) is 4.16. The average Bonchev–Trinajstić information content (AvgIpc) is 2.57. The lowest BCUT2D eigenvalue weighted by Crippen LogP contribution is -1.88. The maximum atomic E-state index is 5.85. The van der Waals surface area contributed by atoms with Crippen LogP contribution in [0.4, 0.5) is 5.69 Å². The number of benzene rings is 1. The molecule has 1 aliphatic heterocycles. The topological polar surface area (TPSA) is 26.0 Å². The summed E-state index contributed by atoms with van der Waals surface area (Å²) < 4.78 is 0. The Morgan fingerprint density at radius 2 is 1.67 bits per heavy atom. The normalized spacial score (nSPS) is 17.2. The molecule has 0 aromatic heterocycles. The molecule has 12 heavy (non-hydrogen) atoms. The first-order valence-corrected chi connectivity index (χ1v) is 5.34. The highest BCUT2D eigenvalue weighted by Gasteiger charge is 2.04. The molecule has 2 heteroatoms. The molecule has 1 heterocycles. The average molecular weight is 177 g/mol. The second-order valence-corrected chi connectivity index (χ2v) is 4.54. The standard InChI is InChI=1S/C10H11NS/c11-9-5-1-2-6-10(9)12-7-3-4-8-12/h1-8,12H,11H2. The van der Waals surface area contributed by atoms with E-state index in [1.165, 1.54) is 4.90 Å². The highest BCUT2D eigenvalue weighted by Crippen LogP contribution is 2.44. The number of anilines is 1. The van der Waals surface area contributed by atoms with Crippen molar-refractivity contribution < 1.29 is 0 Å². The minimum absolute atomic E-state index is 0.247. The molecule has 0 saturated heterocycles. The summed E-state index contributed by atoms with van der Waals surface area (Å²) in [6, 6.07) is 8.06. The fourth-order valence-electron chi connectivity index (χ4n) is 1.22. The van der Waals surface area contributed by atoms with Crippen molar-refractivity contribution in [2.75, 3.05) is 5.73 Å². The molecule has 1 nitrogen and oxygen atoms in total. The van der Waals surface area contributed by atoms with Crippen LogP contribution in [0.1, 0.15) is 0 Å². The first-order valence-electron chi connectivity index (χ1n) is 3.86. The minimum Gasteiger partial charge on any atom is -0.398 e. The first kappa shape index (κ1) is 7.50.